The summed E-state index contributed by atoms with van der Waals surface area (Å²) in [6, 6.07) is 10.6. The number of sulfonamides is 1. The highest BCUT2D eigenvalue weighted by molar-refractivity contribution is 7.92. The summed E-state index contributed by atoms with van der Waals surface area (Å²) >= 11 is 0. The summed E-state index contributed by atoms with van der Waals surface area (Å²) in [5.41, 5.74) is 2.16. The molecule has 0 fully saturated rings. The summed E-state index contributed by atoms with van der Waals surface area (Å²) in [6.45, 7) is 5.86. The quantitative estimate of drug-likeness (QED) is 0.700. The van der Waals surface area contributed by atoms with E-state index < -0.39 is 22.0 Å². The van der Waals surface area contributed by atoms with Crippen molar-refractivity contribution >= 4 is 21.6 Å². The second-order valence-corrected chi connectivity index (χ2v) is 9.65. The van der Waals surface area contributed by atoms with Crippen LogP contribution in [0.4, 0.5) is 5.69 Å². The number of carbonyl (C=O) groups excluding carboxylic acids is 1. The fraction of sp³-hybridized carbons (Fsp3) is 0.409. The number of amides is 1. The minimum Gasteiger partial charge on any atom is -0.493 e. The highest BCUT2D eigenvalue weighted by Gasteiger charge is 2.35. The minimum absolute atomic E-state index is 0.00681. The van der Waals surface area contributed by atoms with Gasteiger partial charge in [0, 0.05) is 6.54 Å². The highest BCUT2D eigenvalue weighted by atomic mass is 32.2. The first-order valence-electron chi connectivity index (χ1n) is 9.94. The van der Waals surface area contributed by atoms with Gasteiger partial charge >= 0.3 is 0 Å². The molecule has 0 aromatic heterocycles. The monoisotopic (exact) mass is 448 g/mol. The van der Waals surface area contributed by atoms with Crippen molar-refractivity contribution in [2.75, 3.05) is 24.2 Å². The molecule has 31 heavy (non-hydrogen) atoms. The van der Waals surface area contributed by atoms with Crippen LogP contribution in [-0.2, 0) is 21.4 Å². The molecule has 0 saturated carbocycles. The number of aryl methyl sites for hydroxylation is 1. The van der Waals surface area contributed by atoms with Gasteiger partial charge in [-0.25, -0.2) is 8.42 Å². The molecule has 9 heteroatoms. The molecule has 1 aliphatic heterocycles. The molecule has 0 bridgehead atoms. The number of hydrogen-bond acceptors (Lipinski definition) is 6. The van der Waals surface area contributed by atoms with Crippen molar-refractivity contribution in [1.82, 2.24) is 5.32 Å². The van der Waals surface area contributed by atoms with E-state index in [1.807, 2.05) is 32.9 Å². The normalized spacial score (nSPS) is 15.8. The molecule has 1 aliphatic rings. The van der Waals surface area contributed by atoms with Gasteiger partial charge < -0.3 is 19.5 Å². The van der Waals surface area contributed by atoms with Gasteiger partial charge in [-0.3, -0.25) is 9.10 Å². The summed E-state index contributed by atoms with van der Waals surface area (Å²) in [7, 11) is -2.02. The van der Waals surface area contributed by atoms with E-state index >= 15 is 0 Å². The van der Waals surface area contributed by atoms with E-state index in [4.69, 9.17) is 14.2 Å². The highest BCUT2D eigenvalue weighted by Crippen LogP contribution is 2.36. The van der Waals surface area contributed by atoms with Crippen LogP contribution in [0.5, 0.6) is 17.2 Å². The van der Waals surface area contributed by atoms with E-state index in [-0.39, 0.29) is 19.2 Å². The maximum atomic E-state index is 12.8. The zero-order chi connectivity index (χ0) is 22.8. The molecule has 0 aliphatic carbocycles. The molecule has 2 aromatic rings. The summed E-state index contributed by atoms with van der Waals surface area (Å²) < 4.78 is 42.7. The molecule has 1 N–H and O–H groups in total. The van der Waals surface area contributed by atoms with E-state index in [0.717, 1.165) is 17.4 Å². The zero-order valence-corrected chi connectivity index (χ0v) is 19.2. The van der Waals surface area contributed by atoms with E-state index in [0.29, 0.717) is 22.9 Å². The lowest BCUT2D eigenvalue weighted by Gasteiger charge is -2.34. The Labute approximate surface area is 183 Å². The Morgan fingerprint density at radius 1 is 1.23 bits per heavy atom. The summed E-state index contributed by atoms with van der Waals surface area (Å²) in [5, 5.41) is 2.81. The molecular weight excluding hydrogens is 420 g/mol. The van der Waals surface area contributed by atoms with Gasteiger partial charge in [0.2, 0.25) is 10.0 Å². The van der Waals surface area contributed by atoms with Gasteiger partial charge in [0.05, 0.1) is 31.7 Å². The molecule has 1 unspecified atom stereocenters. The fourth-order valence-electron chi connectivity index (χ4n) is 3.29. The lowest BCUT2D eigenvalue weighted by molar-refractivity contribution is -0.127. The smallest absolute Gasteiger partial charge is 0.263 e. The van der Waals surface area contributed by atoms with Crippen molar-refractivity contribution in [3.63, 3.8) is 0 Å². The van der Waals surface area contributed by atoms with Gasteiger partial charge in [0.15, 0.2) is 17.6 Å². The number of hydrogen-bond donors (Lipinski definition) is 1. The number of rotatable bonds is 7. The van der Waals surface area contributed by atoms with Crippen LogP contribution in [0.1, 0.15) is 25.0 Å². The van der Waals surface area contributed by atoms with Crippen LogP contribution in [0, 0.1) is 6.92 Å². The number of nitrogens with one attached hydrogen (secondary N) is 1. The molecule has 168 valence electrons. The van der Waals surface area contributed by atoms with Gasteiger partial charge in [-0.05, 0) is 56.2 Å². The van der Waals surface area contributed by atoms with Crippen molar-refractivity contribution in [3.8, 4) is 17.2 Å². The van der Waals surface area contributed by atoms with Crippen LogP contribution < -0.4 is 23.8 Å². The molecule has 1 amide bonds. The second kappa shape index (κ2) is 9.05. The predicted octanol–water partition coefficient (Wildman–Crippen LogP) is 2.63. The van der Waals surface area contributed by atoms with Crippen LogP contribution in [0.15, 0.2) is 36.4 Å². The third-order valence-corrected chi connectivity index (χ3v) is 5.88. The third-order valence-electron chi connectivity index (χ3n) is 4.73. The molecule has 3 rings (SSSR count). The van der Waals surface area contributed by atoms with E-state index in [9.17, 15) is 13.2 Å². The number of benzene rings is 2. The van der Waals surface area contributed by atoms with Crippen molar-refractivity contribution < 1.29 is 27.4 Å². The Morgan fingerprint density at radius 3 is 2.61 bits per heavy atom. The molecule has 1 heterocycles. The van der Waals surface area contributed by atoms with Gasteiger partial charge in [-0.2, -0.15) is 0 Å². The Bertz CT molecular complexity index is 1070. The summed E-state index contributed by atoms with van der Waals surface area (Å²) in [4.78, 5) is 12.8. The van der Waals surface area contributed by atoms with Crippen molar-refractivity contribution in [1.29, 1.82) is 0 Å². The Morgan fingerprint density at radius 2 is 1.97 bits per heavy atom. The first-order chi connectivity index (χ1) is 14.6. The van der Waals surface area contributed by atoms with E-state index in [1.165, 1.54) is 4.31 Å². The number of carbonyl (C=O) groups is 1. The van der Waals surface area contributed by atoms with Crippen LogP contribution in [0.2, 0.25) is 0 Å². The first-order valence-corrected chi connectivity index (χ1v) is 11.8. The SMILES string of the molecule is COc1cc(CNC(=O)C2CN(S(C)(=O)=O)c3cc(C)ccc3O2)ccc1OC(C)C. The van der Waals surface area contributed by atoms with Crippen LogP contribution >= 0.6 is 0 Å². The maximum absolute atomic E-state index is 12.8. The number of anilines is 1. The van der Waals surface area contributed by atoms with Crippen LogP contribution in [0.3, 0.4) is 0 Å². The first kappa shape index (κ1) is 22.7. The number of nitrogens with zero attached hydrogens (tertiary/aromatic N) is 1. The zero-order valence-electron chi connectivity index (χ0n) is 18.3. The number of methoxy groups -OCH3 is 1. The average Bonchev–Trinajstić information content (AvgIpc) is 2.70. The van der Waals surface area contributed by atoms with E-state index in [2.05, 4.69) is 5.32 Å². The molecule has 0 saturated heterocycles. The fourth-order valence-corrected chi connectivity index (χ4v) is 4.19. The Kier molecular flexibility index (Phi) is 6.64. The largest absolute Gasteiger partial charge is 0.493 e. The molecule has 0 spiro atoms. The molecular formula is C22H28N2O6S. The van der Waals surface area contributed by atoms with Crippen molar-refractivity contribution in [3.05, 3.63) is 47.5 Å². The minimum atomic E-state index is -3.57. The van der Waals surface area contributed by atoms with Gasteiger partial charge in [0.1, 0.15) is 5.75 Å². The standard InChI is InChI=1S/C22H28N2O6S/c1-14(2)29-19-9-7-16(11-20(19)28-4)12-23-22(25)21-13-24(31(5,26)27)17-10-15(3)6-8-18(17)30-21/h6-11,14,21H,12-13H2,1-5H3,(H,23,25). The van der Waals surface area contributed by atoms with Crippen LogP contribution in [-0.4, -0.2) is 46.4 Å². The third kappa shape index (κ3) is 5.41. The van der Waals surface area contributed by atoms with Gasteiger partial charge in [-0.15, -0.1) is 0 Å². The van der Waals surface area contributed by atoms with Crippen molar-refractivity contribution in [2.24, 2.45) is 0 Å². The Balaban J connectivity index is 1.73. The molecule has 1 atom stereocenters. The van der Waals surface area contributed by atoms with Crippen molar-refractivity contribution in [2.45, 2.75) is 39.5 Å². The van der Waals surface area contributed by atoms with Gasteiger partial charge in [-0.1, -0.05) is 12.1 Å². The molecule has 8 nitrogen and oxygen atoms in total. The topological polar surface area (TPSA) is 94.2 Å². The second-order valence-electron chi connectivity index (χ2n) is 7.74. The van der Waals surface area contributed by atoms with Gasteiger partial charge in [0.25, 0.3) is 5.91 Å². The maximum Gasteiger partial charge on any atom is 0.263 e. The average molecular weight is 449 g/mol. The van der Waals surface area contributed by atoms with Crippen LogP contribution in [0.25, 0.3) is 0 Å². The lowest BCUT2D eigenvalue weighted by Crippen LogP contribution is -2.50. The number of ether oxygens (including phenoxy) is 3. The summed E-state index contributed by atoms with van der Waals surface area (Å²) in [6.07, 6.45) is 0.162. The Hall–Kier alpha value is -2.94. The number of fused-ring (bicyclic) bond motifs is 1. The lowest BCUT2D eigenvalue weighted by atomic mass is 10.1. The predicted molar refractivity (Wildman–Crippen MR) is 118 cm³/mol. The molecule has 0 radical (unpaired) electrons. The molecule has 2 aromatic carbocycles. The van der Waals surface area contributed by atoms with E-state index in [1.54, 1.807) is 31.4 Å². The summed E-state index contributed by atoms with van der Waals surface area (Å²) in [5.74, 6) is 1.15.